The van der Waals surface area contributed by atoms with Gasteiger partial charge in [-0.3, -0.25) is 0 Å². The van der Waals surface area contributed by atoms with Gasteiger partial charge < -0.3 is 10.2 Å². The van der Waals surface area contributed by atoms with Crippen molar-refractivity contribution < 1.29 is 0 Å². The van der Waals surface area contributed by atoms with Crippen molar-refractivity contribution in [2.75, 3.05) is 24.5 Å². The van der Waals surface area contributed by atoms with Crippen molar-refractivity contribution >= 4 is 16.5 Å². The van der Waals surface area contributed by atoms with Crippen LogP contribution in [-0.2, 0) is 6.54 Å². The van der Waals surface area contributed by atoms with E-state index in [2.05, 4.69) is 24.1 Å². The Bertz CT molecular complexity index is 453. The lowest BCUT2D eigenvalue weighted by Gasteiger charge is -2.39. The maximum absolute atomic E-state index is 4.83. The molecule has 3 rings (SSSR count). The first-order valence-electron chi connectivity index (χ1n) is 8.64. The van der Waals surface area contributed by atoms with Gasteiger partial charge in [0.15, 0.2) is 5.13 Å². The first kappa shape index (κ1) is 15.3. The molecule has 1 aromatic heterocycles. The highest BCUT2D eigenvalue weighted by Gasteiger charge is 2.37. The molecule has 1 aliphatic carbocycles. The normalized spacial score (nSPS) is 21.3. The molecule has 1 saturated carbocycles. The maximum Gasteiger partial charge on any atom is 0.185 e. The largest absolute Gasteiger partial charge is 0.348 e. The van der Waals surface area contributed by atoms with E-state index >= 15 is 0 Å². The Labute approximate surface area is 133 Å². The van der Waals surface area contributed by atoms with Crippen molar-refractivity contribution in [3.05, 3.63) is 10.6 Å². The number of aromatic nitrogens is 1. The Kier molecular flexibility index (Phi) is 4.85. The molecule has 2 heterocycles. The van der Waals surface area contributed by atoms with Gasteiger partial charge in [0.25, 0.3) is 0 Å². The molecule has 1 spiro atoms. The number of rotatable bonds is 5. The molecule has 21 heavy (non-hydrogen) atoms. The van der Waals surface area contributed by atoms with Crippen LogP contribution in [0.3, 0.4) is 0 Å². The van der Waals surface area contributed by atoms with Gasteiger partial charge in [-0.2, -0.15) is 0 Å². The SMILES string of the molecule is CCCNCc1sc(N2CCC3(CCCC3)CC2)nc1C. The average molecular weight is 308 g/mol. The number of nitrogens with zero attached hydrogens (tertiary/aromatic N) is 2. The summed E-state index contributed by atoms with van der Waals surface area (Å²) in [6.07, 6.45) is 9.84. The van der Waals surface area contributed by atoms with Crippen LogP contribution in [0.1, 0.15) is 62.4 Å². The Morgan fingerprint density at radius 2 is 1.90 bits per heavy atom. The van der Waals surface area contributed by atoms with E-state index in [1.807, 2.05) is 11.3 Å². The molecule has 1 aromatic rings. The topological polar surface area (TPSA) is 28.2 Å². The zero-order chi connectivity index (χ0) is 14.7. The second-order valence-corrected chi connectivity index (χ2v) is 7.94. The van der Waals surface area contributed by atoms with Crippen molar-refractivity contribution in [3.8, 4) is 0 Å². The van der Waals surface area contributed by atoms with Gasteiger partial charge in [0.1, 0.15) is 0 Å². The van der Waals surface area contributed by atoms with Crippen LogP contribution in [-0.4, -0.2) is 24.6 Å². The highest BCUT2D eigenvalue weighted by Crippen LogP contribution is 2.47. The minimum atomic E-state index is 0.703. The van der Waals surface area contributed by atoms with E-state index in [-0.39, 0.29) is 0 Å². The van der Waals surface area contributed by atoms with Crippen molar-refractivity contribution in [1.29, 1.82) is 0 Å². The molecule has 0 amide bonds. The fourth-order valence-corrected chi connectivity index (χ4v) is 4.97. The van der Waals surface area contributed by atoms with Crippen LogP contribution < -0.4 is 10.2 Å². The Morgan fingerprint density at radius 1 is 1.19 bits per heavy atom. The van der Waals surface area contributed by atoms with E-state index in [1.54, 1.807) is 0 Å². The van der Waals surface area contributed by atoms with Crippen LogP contribution in [0.2, 0.25) is 0 Å². The summed E-state index contributed by atoms with van der Waals surface area (Å²) in [5.41, 5.74) is 1.92. The molecule has 1 saturated heterocycles. The first-order chi connectivity index (χ1) is 10.2. The smallest absolute Gasteiger partial charge is 0.185 e. The number of thiazole rings is 1. The summed E-state index contributed by atoms with van der Waals surface area (Å²) >= 11 is 1.90. The third kappa shape index (κ3) is 3.42. The van der Waals surface area contributed by atoms with E-state index in [0.29, 0.717) is 5.41 Å². The van der Waals surface area contributed by atoms with Gasteiger partial charge in [0, 0.05) is 24.5 Å². The standard InChI is InChI=1S/C17H29N3S/c1-3-10-18-13-15-14(2)19-16(21-15)20-11-8-17(9-12-20)6-4-5-7-17/h18H,3-13H2,1-2H3. The van der Waals surface area contributed by atoms with Crippen LogP contribution in [0.4, 0.5) is 5.13 Å². The molecule has 1 aliphatic heterocycles. The summed E-state index contributed by atoms with van der Waals surface area (Å²) in [5, 5.41) is 4.76. The number of piperidine rings is 1. The van der Waals surface area contributed by atoms with E-state index < -0.39 is 0 Å². The highest BCUT2D eigenvalue weighted by molar-refractivity contribution is 7.15. The van der Waals surface area contributed by atoms with E-state index in [4.69, 9.17) is 4.98 Å². The van der Waals surface area contributed by atoms with Gasteiger partial charge in [-0.15, -0.1) is 11.3 Å². The van der Waals surface area contributed by atoms with Crippen LogP contribution in [0, 0.1) is 12.3 Å². The quantitative estimate of drug-likeness (QED) is 0.830. The van der Waals surface area contributed by atoms with E-state index in [9.17, 15) is 0 Å². The number of aryl methyl sites for hydroxylation is 1. The molecule has 4 heteroatoms. The number of anilines is 1. The molecule has 1 N–H and O–H groups in total. The van der Waals surface area contributed by atoms with Crippen molar-refractivity contribution in [1.82, 2.24) is 10.3 Å². The zero-order valence-corrected chi connectivity index (χ0v) is 14.4. The van der Waals surface area contributed by atoms with Gasteiger partial charge in [-0.05, 0) is 51.0 Å². The van der Waals surface area contributed by atoms with Crippen molar-refractivity contribution in [2.45, 2.75) is 65.3 Å². The average Bonchev–Trinajstić information content (AvgIpc) is 3.08. The molecule has 118 valence electrons. The Hall–Kier alpha value is -0.610. The van der Waals surface area contributed by atoms with Crippen LogP contribution in [0.25, 0.3) is 0 Å². The first-order valence-corrected chi connectivity index (χ1v) is 9.46. The second-order valence-electron chi connectivity index (χ2n) is 6.88. The fourth-order valence-electron chi connectivity index (χ4n) is 3.89. The summed E-state index contributed by atoms with van der Waals surface area (Å²) in [7, 11) is 0. The second kappa shape index (κ2) is 6.66. The summed E-state index contributed by atoms with van der Waals surface area (Å²) in [6, 6.07) is 0. The zero-order valence-electron chi connectivity index (χ0n) is 13.6. The summed E-state index contributed by atoms with van der Waals surface area (Å²) in [6.45, 7) is 8.88. The number of nitrogens with one attached hydrogen (secondary N) is 1. The molecule has 0 unspecified atom stereocenters. The molecule has 2 aliphatic rings. The van der Waals surface area contributed by atoms with Gasteiger partial charge in [-0.25, -0.2) is 4.98 Å². The Morgan fingerprint density at radius 3 is 2.57 bits per heavy atom. The molecular weight excluding hydrogens is 278 g/mol. The monoisotopic (exact) mass is 307 g/mol. The summed E-state index contributed by atoms with van der Waals surface area (Å²) < 4.78 is 0. The lowest BCUT2D eigenvalue weighted by Crippen LogP contribution is -2.38. The van der Waals surface area contributed by atoms with Gasteiger partial charge in [0.2, 0.25) is 0 Å². The molecule has 0 aromatic carbocycles. The van der Waals surface area contributed by atoms with Gasteiger partial charge >= 0.3 is 0 Å². The molecule has 0 radical (unpaired) electrons. The lowest BCUT2D eigenvalue weighted by atomic mass is 9.77. The fraction of sp³-hybridized carbons (Fsp3) is 0.824. The summed E-state index contributed by atoms with van der Waals surface area (Å²) in [4.78, 5) is 8.78. The predicted octanol–water partition coefficient (Wildman–Crippen LogP) is 4.11. The van der Waals surface area contributed by atoms with Gasteiger partial charge in [-0.1, -0.05) is 19.8 Å². The minimum absolute atomic E-state index is 0.703. The minimum Gasteiger partial charge on any atom is -0.348 e. The molecule has 0 bridgehead atoms. The predicted molar refractivity (Wildman–Crippen MR) is 91.2 cm³/mol. The summed E-state index contributed by atoms with van der Waals surface area (Å²) in [5.74, 6) is 0. The molecule has 0 atom stereocenters. The van der Waals surface area contributed by atoms with E-state index in [0.717, 1.165) is 13.1 Å². The van der Waals surface area contributed by atoms with E-state index in [1.165, 1.54) is 73.7 Å². The lowest BCUT2D eigenvalue weighted by molar-refractivity contribution is 0.226. The number of hydrogen-bond donors (Lipinski definition) is 1. The number of hydrogen-bond acceptors (Lipinski definition) is 4. The van der Waals surface area contributed by atoms with Crippen molar-refractivity contribution in [2.24, 2.45) is 5.41 Å². The molecule has 2 fully saturated rings. The highest BCUT2D eigenvalue weighted by atomic mass is 32.1. The van der Waals surface area contributed by atoms with Crippen LogP contribution in [0.15, 0.2) is 0 Å². The third-order valence-corrected chi connectivity index (χ3v) is 6.57. The Balaban J connectivity index is 1.59. The van der Waals surface area contributed by atoms with Gasteiger partial charge in [0.05, 0.1) is 5.69 Å². The van der Waals surface area contributed by atoms with Crippen LogP contribution >= 0.6 is 11.3 Å². The van der Waals surface area contributed by atoms with Crippen LogP contribution in [0.5, 0.6) is 0 Å². The van der Waals surface area contributed by atoms with Crippen molar-refractivity contribution in [3.63, 3.8) is 0 Å². The molecular formula is C17H29N3S. The third-order valence-electron chi connectivity index (χ3n) is 5.35. The molecule has 3 nitrogen and oxygen atoms in total. The maximum atomic E-state index is 4.83.